The van der Waals surface area contributed by atoms with Crippen LogP contribution < -0.4 is 0 Å². The Hall–Kier alpha value is -2.28. The lowest BCUT2D eigenvalue weighted by atomic mass is 9.42. The number of carbonyl (C=O) groups excluding carboxylic acids is 4. The molecule has 2 heterocycles. The van der Waals surface area contributed by atoms with Gasteiger partial charge in [0.15, 0.2) is 0 Å². The molecule has 302 valence electrons. The minimum atomic E-state index is -1.10. The molecule has 0 aromatic rings. The number of aliphatic hydroxyl groups is 2. The largest absolute Gasteiger partial charge is 0.459 e. The van der Waals surface area contributed by atoms with Gasteiger partial charge in [0.05, 0.1) is 46.1 Å². The van der Waals surface area contributed by atoms with Gasteiger partial charge in [0.25, 0.3) is 0 Å². The van der Waals surface area contributed by atoms with Gasteiger partial charge in [0.1, 0.15) is 11.2 Å². The van der Waals surface area contributed by atoms with Gasteiger partial charge in [-0.25, -0.2) is 0 Å². The molecule has 10 rings (SSSR count). The summed E-state index contributed by atoms with van der Waals surface area (Å²) >= 11 is 0. The molecule has 10 fully saturated rings. The van der Waals surface area contributed by atoms with Crippen molar-refractivity contribution in [2.45, 2.75) is 191 Å². The van der Waals surface area contributed by atoms with Crippen LogP contribution in [0.5, 0.6) is 0 Å². The van der Waals surface area contributed by atoms with Crippen LogP contribution in [0.2, 0.25) is 0 Å². The van der Waals surface area contributed by atoms with Gasteiger partial charge in [0, 0.05) is 44.9 Å². The smallest absolute Gasteiger partial charge is 0.314 e. The third-order valence-corrected chi connectivity index (χ3v) is 14.9. The number of rotatable bonds is 11. The van der Waals surface area contributed by atoms with E-state index in [1.807, 2.05) is 13.8 Å². The summed E-state index contributed by atoms with van der Waals surface area (Å²) in [7, 11) is 0. The average molecular weight is 759 g/mol. The minimum Gasteiger partial charge on any atom is -0.459 e. The van der Waals surface area contributed by atoms with E-state index < -0.39 is 80.5 Å². The van der Waals surface area contributed by atoms with Crippen molar-refractivity contribution >= 4 is 23.9 Å². The zero-order valence-electron chi connectivity index (χ0n) is 32.8. The van der Waals surface area contributed by atoms with Gasteiger partial charge in [-0.3, -0.25) is 19.2 Å². The molecule has 7 atom stereocenters. The first-order valence-electron chi connectivity index (χ1n) is 20.9. The number of ether oxygens (including phenoxy) is 6. The summed E-state index contributed by atoms with van der Waals surface area (Å²) in [5, 5.41) is 22.6. The van der Waals surface area contributed by atoms with Crippen LogP contribution >= 0.6 is 0 Å². The Labute approximate surface area is 319 Å². The first kappa shape index (κ1) is 38.6. The van der Waals surface area contributed by atoms with Crippen molar-refractivity contribution in [1.29, 1.82) is 0 Å². The van der Waals surface area contributed by atoms with E-state index in [9.17, 15) is 29.4 Å². The third kappa shape index (κ3) is 6.91. The summed E-state index contributed by atoms with van der Waals surface area (Å²) < 4.78 is 36.6. The molecule has 54 heavy (non-hydrogen) atoms. The van der Waals surface area contributed by atoms with Gasteiger partial charge in [-0.2, -0.15) is 0 Å². The number of carbonyl (C=O) groups is 4. The monoisotopic (exact) mass is 758 g/mol. The molecular weight excluding hydrogens is 696 g/mol. The molecule has 8 aliphatic carbocycles. The lowest BCUT2D eigenvalue weighted by Crippen LogP contribution is -2.67. The summed E-state index contributed by atoms with van der Waals surface area (Å²) in [6.07, 6.45) is 9.29. The van der Waals surface area contributed by atoms with Crippen molar-refractivity contribution in [3.05, 3.63) is 0 Å². The van der Waals surface area contributed by atoms with Crippen LogP contribution in [0.25, 0.3) is 0 Å². The van der Waals surface area contributed by atoms with E-state index >= 15 is 0 Å². The second-order valence-electron chi connectivity index (χ2n) is 20.5. The molecule has 8 bridgehead atoms. The van der Waals surface area contributed by atoms with Gasteiger partial charge in [0.2, 0.25) is 12.6 Å². The number of esters is 4. The maximum absolute atomic E-state index is 14.6. The van der Waals surface area contributed by atoms with Crippen molar-refractivity contribution in [3.63, 3.8) is 0 Å². The van der Waals surface area contributed by atoms with E-state index in [1.54, 1.807) is 13.8 Å². The molecule has 2 saturated heterocycles. The molecule has 0 radical (unpaired) electrons. The maximum atomic E-state index is 14.6. The average Bonchev–Trinajstić information content (AvgIpc) is 3.06. The molecule has 12 nitrogen and oxygen atoms in total. The predicted molar refractivity (Wildman–Crippen MR) is 191 cm³/mol. The first-order chi connectivity index (χ1) is 25.3. The molecular formula is C42H62O12. The molecule has 0 aromatic carbocycles. The Morgan fingerprint density at radius 1 is 0.630 bits per heavy atom. The van der Waals surface area contributed by atoms with E-state index in [1.165, 1.54) is 0 Å². The topological polar surface area (TPSA) is 164 Å². The summed E-state index contributed by atoms with van der Waals surface area (Å²) in [5.41, 5.74) is -8.39. The fourth-order valence-corrected chi connectivity index (χ4v) is 13.4. The van der Waals surface area contributed by atoms with Gasteiger partial charge in [-0.1, -0.05) is 6.92 Å². The molecule has 7 unspecified atom stereocenters. The minimum absolute atomic E-state index is 0.0575. The number of hydrogen-bond donors (Lipinski definition) is 2. The molecule has 10 aliphatic rings. The van der Waals surface area contributed by atoms with Crippen LogP contribution in [0, 0.1) is 33.5 Å². The highest BCUT2D eigenvalue weighted by Crippen LogP contribution is 2.69. The second-order valence-corrected chi connectivity index (χ2v) is 20.5. The lowest BCUT2D eigenvalue weighted by molar-refractivity contribution is -0.265. The summed E-state index contributed by atoms with van der Waals surface area (Å²) in [4.78, 5) is 57.3. The molecule has 2 N–H and O–H groups in total. The lowest BCUT2D eigenvalue weighted by Gasteiger charge is -2.63. The van der Waals surface area contributed by atoms with Crippen LogP contribution in [0.1, 0.15) is 156 Å². The van der Waals surface area contributed by atoms with Crippen LogP contribution in [0.4, 0.5) is 0 Å². The van der Waals surface area contributed by atoms with Gasteiger partial charge < -0.3 is 38.6 Å². The highest BCUT2D eigenvalue weighted by atomic mass is 16.7. The predicted octanol–water partition coefficient (Wildman–Crippen LogP) is 5.95. The number of hydrogen-bond acceptors (Lipinski definition) is 12. The highest BCUT2D eigenvalue weighted by Gasteiger charge is 2.71. The molecule has 2 aliphatic heterocycles. The Balaban J connectivity index is 1.02. The van der Waals surface area contributed by atoms with E-state index in [2.05, 4.69) is 0 Å². The molecule has 0 amide bonds. The van der Waals surface area contributed by atoms with Gasteiger partial charge in [-0.15, -0.1) is 0 Å². The van der Waals surface area contributed by atoms with Gasteiger partial charge in [-0.05, 0) is 116 Å². The van der Waals surface area contributed by atoms with Crippen LogP contribution in [-0.4, -0.2) is 82.3 Å². The SMILES string of the molecule is CCC(C)(CC(C)(C)C(=O)OC12CC3CC(O)(CC(O)(C3)C1)C2)C(=O)OC12CC3CC(C(=O)OC4CCCCO4)(C1)CC(C(=O)OC1CCCCO1)(C3)C2. The Morgan fingerprint density at radius 3 is 1.57 bits per heavy atom. The fraction of sp³-hybridized carbons (Fsp3) is 0.905. The quantitative estimate of drug-likeness (QED) is 0.188. The van der Waals surface area contributed by atoms with Crippen molar-refractivity contribution in [2.75, 3.05) is 13.2 Å². The first-order valence-corrected chi connectivity index (χ1v) is 20.9. The Morgan fingerprint density at radius 2 is 1.11 bits per heavy atom. The van der Waals surface area contributed by atoms with E-state index in [4.69, 9.17) is 28.4 Å². The zero-order chi connectivity index (χ0) is 38.4. The van der Waals surface area contributed by atoms with Crippen LogP contribution in [-0.2, 0) is 47.6 Å². The van der Waals surface area contributed by atoms with Crippen molar-refractivity contribution in [3.8, 4) is 0 Å². The van der Waals surface area contributed by atoms with Crippen molar-refractivity contribution in [2.24, 2.45) is 33.5 Å². The highest BCUT2D eigenvalue weighted by molar-refractivity contribution is 5.85. The Bertz CT molecular complexity index is 1460. The summed E-state index contributed by atoms with van der Waals surface area (Å²) in [6, 6.07) is 0. The van der Waals surface area contributed by atoms with Gasteiger partial charge >= 0.3 is 23.9 Å². The van der Waals surface area contributed by atoms with Crippen molar-refractivity contribution < 1.29 is 57.8 Å². The molecule has 12 heteroatoms. The van der Waals surface area contributed by atoms with E-state index in [0.717, 1.165) is 25.7 Å². The summed E-state index contributed by atoms with van der Waals surface area (Å²) in [5.74, 6) is -1.69. The van der Waals surface area contributed by atoms with Crippen molar-refractivity contribution in [1.82, 2.24) is 0 Å². The van der Waals surface area contributed by atoms with E-state index in [0.29, 0.717) is 90.3 Å². The van der Waals surface area contributed by atoms with Crippen LogP contribution in [0.15, 0.2) is 0 Å². The normalized spacial score (nSPS) is 44.6. The maximum Gasteiger partial charge on any atom is 0.314 e. The molecule has 8 saturated carbocycles. The molecule has 0 spiro atoms. The fourth-order valence-electron chi connectivity index (χ4n) is 13.4. The Kier molecular flexibility index (Phi) is 9.38. The van der Waals surface area contributed by atoms with E-state index in [-0.39, 0.29) is 37.5 Å². The van der Waals surface area contributed by atoms with Crippen LogP contribution in [0.3, 0.4) is 0 Å². The second kappa shape index (κ2) is 13.1. The summed E-state index contributed by atoms with van der Waals surface area (Å²) in [6.45, 7) is 8.33. The zero-order valence-corrected chi connectivity index (χ0v) is 32.8. The third-order valence-electron chi connectivity index (χ3n) is 14.9. The molecule has 0 aromatic heterocycles. The standard InChI is InChI=1S/C42H62O12/c1-5-36(4,20-35(2,3)31(43)53-42-19-28-16-39(47,25-42)24-40(48,17-28)26-42)32(44)54-41-18-27-14-37(22-41,33(45)51-29-10-6-8-12-49-29)21-38(15-27,23-41)34(46)52-30-11-7-9-13-50-30/h27-30,47-48H,5-26H2,1-4H3.